The van der Waals surface area contributed by atoms with Gasteiger partial charge < -0.3 is 0 Å². The molecular formula is C9H10BrN3O2. The molecule has 1 rings (SSSR count). The predicted octanol–water partition coefficient (Wildman–Crippen LogP) is 3.08. The van der Waals surface area contributed by atoms with Crippen molar-refractivity contribution in [2.45, 2.75) is 5.60 Å². The van der Waals surface area contributed by atoms with Crippen LogP contribution in [0.3, 0.4) is 0 Å². The van der Waals surface area contributed by atoms with E-state index in [-0.39, 0.29) is 6.54 Å². The molecule has 0 amide bonds. The fourth-order valence-electron chi connectivity index (χ4n) is 1.20. The zero-order valence-electron chi connectivity index (χ0n) is 7.88. The Morgan fingerprint density at radius 2 is 2.13 bits per heavy atom. The summed E-state index contributed by atoms with van der Waals surface area (Å²) in [6.07, 6.45) is 0. The van der Waals surface area contributed by atoms with E-state index in [1.165, 1.54) is 0 Å². The lowest BCUT2D eigenvalue weighted by Crippen LogP contribution is -2.33. The van der Waals surface area contributed by atoms with Gasteiger partial charge in [0.2, 0.25) is 0 Å². The van der Waals surface area contributed by atoms with Gasteiger partial charge in [0, 0.05) is 10.2 Å². The van der Waals surface area contributed by atoms with E-state index in [2.05, 4.69) is 30.8 Å². The molecule has 0 fully saturated rings. The third-order valence-electron chi connectivity index (χ3n) is 2.08. The van der Waals surface area contributed by atoms with Gasteiger partial charge in [-0.05, 0) is 11.1 Å². The zero-order chi connectivity index (χ0) is 11.1. The molecule has 0 aliphatic carbocycles. The van der Waals surface area contributed by atoms with Crippen LogP contribution in [-0.4, -0.2) is 17.1 Å². The summed E-state index contributed by atoms with van der Waals surface area (Å²) in [6.45, 7) is 0.0231. The van der Waals surface area contributed by atoms with Crippen LogP contribution in [0.5, 0.6) is 0 Å². The van der Waals surface area contributed by atoms with Crippen molar-refractivity contribution in [2.24, 2.45) is 5.11 Å². The summed E-state index contributed by atoms with van der Waals surface area (Å²) >= 11 is 3.23. The summed E-state index contributed by atoms with van der Waals surface area (Å²) in [6, 6.07) is 9.09. The van der Waals surface area contributed by atoms with Crippen molar-refractivity contribution in [3.05, 3.63) is 46.3 Å². The van der Waals surface area contributed by atoms with Crippen LogP contribution >= 0.6 is 15.9 Å². The molecule has 0 spiro atoms. The molecule has 80 valence electrons. The molecule has 0 saturated heterocycles. The van der Waals surface area contributed by atoms with Crippen LogP contribution in [0.2, 0.25) is 0 Å². The summed E-state index contributed by atoms with van der Waals surface area (Å²) in [5.41, 5.74) is 8.00. The van der Waals surface area contributed by atoms with Crippen molar-refractivity contribution in [3.8, 4) is 0 Å². The highest BCUT2D eigenvalue weighted by Crippen LogP contribution is 2.27. The smallest absolute Gasteiger partial charge is 0.143 e. The van der Waals surface area contributed by atoms with Crippen LogP contribution in [0.1, 0.15) is 5.56 Å². The summed E-state index contributed by atoms with van der Waals surface area (Å²) in [7, 11) is 0. The second kappa shape index (κ2) is 5.72. The number of alkyl halides is 1. The van der Waals surface area contributed by atoms with E-state index >= 15 is 0 Å². The molecule has 0 aromatic heterocycles. The van der Waals surface area contributed by atoms with Crippen LogP contribution in [0, 0.1) is 0 Å². The molecule has 0 radical (unpaired) electrons. The number of nitrogens with zero attached hydrogens (tertiary/aromatic N) is 3. The average molecular weight is 272 g/mol. The number of hydrogen-bond acceptors (Lipinski definition) is 3. The molecule has 1 N–H and O–H groups in total. The first kappa shape index (κ1) is 12.0. The molecular weight excluding hydrogens is 262 g/mol. The lowest BCUT2D eigenvalue weighted by atomic mass is 9.96. The first-order valence-corrected chi connectivity index (χ1v) is 5.36. The fraction of sp³-hybridized carbons (Fsp3) is 0.333. The van der Waals surface area contributed by atoms with Gasteiger partial charge in [-0.15, -0.1) is 0 Å². The molecule has 5 nitrogen and oxygen atoms in total. The van der Waals surface area contributed by atoms with Crippen molar-refractivity contribution in [1.82, 2.24) is 0 Å². The molecule has 6 heteroatoms. The van der Waals surface area contributed by atoms with Gasteiger partial charge in [0.15, 0.2) is 0 Å². The van der Waals surface area contributed by atoms with Crippen molar-refractivity contribution in [1.29, 1.82) is 0 Å². The summed E-state index contributed by atoms with van der Waals surface area (Å²) in [5, 5.41) is 12.7. The maximum Gasteiger partial charge on any atom is 0.143 e. The monoisotopic (exact) mass is 271 g/mol. The number of rotatable bonds is 5. The predicted molar refractivity (Wildman–Crippen MR) is 59.6 cm³/mol. The molecule has 1 atom stereocenters. The second-order valence-corrected chi connectivity index (χ2v) is 3.53. The molecule has 0 bridgehead atoms. The van der Waals surface area contributed by atoms with Crippen LogP contribution < -0.4 is 0 Å². The Bertz CT molecular complexity index is 348. The minimum atomic E-state index is -1.02. The van der Waals surface area contributed by atoms with Gasteiger partial charge in [-0.25, -0.2) is 4.89 Å². The normalized spacial score (nSPS) is 14.0. The quantitative estimate of drug-likeness (QED) is 0.223. The highest BCUT2D eigenvalue weighted by molar-refractivity contribution is 9.09. The van der Waals surface area contributed by atoms with Crippen molar-refractivity contribution in [3.63, 3.8) is 0 Å². The standard InChI is InChI=1S/C9H10BrN3O2/c10-6-9(15-14,7-12-13-11)8-4-2-1-3-5-8/h1-5,14H,6-7H2. The van der Waals surface area contributed by atoms with Crippen LogP contribution in [0.15, 0.2) is 35.4 Å². The number of halogens is 1. The summed E-state index contributed by atoms with van der Waals surface area (Å²) < 4.78 is 0. The SMILES string of the molecule is [N-]=[N+]=NCC(CBr)(OO)c1ccccc1. The van der Waals surface area contributed by atoms with Gasteiger partial charge >= 0.3 is 0 Å². The van der Waals surface area contributed by atoms with Crippen molar-refractivity contribution < 1.29 is 10.1 Å². The van der Waals surface area contributed by atoms with E-state index in [0.717, 1.165) is 5.56 Å². The van der Waals surface area contributed by atoms with Crippen LogP contribution in [0.4, 0.5) is 0 Å². The second-order valence-electron chi connectivity index (χ2n) is 2.97. The number of benzene rings is 1. The Balaban J connectivity index is 3.04. The van der Waals surface area contributed by atoms with E-state index in [1.807, 2.05) is 18.2 Å². The van der Waals surface area contributed by atoms with Crippen molar-refractivity contribution in [2.75, 3.05) is 11.9 Å². The number of azide groups is 1. The molecule has 0 aliphatic rings. The molecule has 0 heterocycles. The first-order chi connectivity index (χ1) is 7.29. The summed E-state index contributed by atoms with van der Waals surface area (Å²) in [4.78, 5) is 7.12. The minimum Gasteiger partial charge on any atom is -0.251 e. The van der Waals surface area contributed by atoms with E-state index in [9.17, 15) is 0 Å². The average Bonchev–Trinajstić information content (AvgIpc) is 2.33. The largest absolute Gasteiger partial charge is 0.251 e. The van der Waals surface area contributed by atoms with Gasteiger partial charge in [-0.1, -0.05) is 51.4 Å². The van der Waals surface area contributed by atoms with Gasteiger partial charge in [0.05, 0.1) is 6.54 Å². The third-order valence-corrected chi connectivity index (χ3v) is 2.99. The molecule has 15 heavy (non-hydrogen) atoms. The molecule has 1 unspecified atom stereocenters. The van der Waals surface area contributed by atoms with E-state index in [4.69, 9.17) is 10.8 Å². The van der Waals surface area contributed by atoms with Gasteiger partial charge in [-0.3, -0.25) is 5.26 Å². The Kier molecular flexibility index (Phi) is 4.58. The summed E-state index contributed by atoms with van der Waals surface area (Å²) in [5.74, 6) is 0. The molecule has 1 aromatic carbocycles. The van der Waals surface area contributed by atoms with E-state index < -0.39 is 5.60 Å². The molecule has 0 saturated carbocycles. The highest BCUT2D eigenvalue weighted by Gasteiger charge is 2.32. The molecule has 0 aliphatic heterocycles. The lowest BCUT2D eigenvalue weighted by Gasteiger charge is -2.26. The third kappa shape index (κ3) is 2.70. The van der Waals surface area contributed by atoms with E-state index in [1.54, 1.807) is 12.1 Å². The maximum atomic E-state index is 8.94. The Hall–Kier alpha value is -1.07. The Morgan fingerprint density at radius 1 is 1.47 bits per heavy atom. The van der Waals surface area contributed by atoms with E-state index in [0.29, 0.717) is 5.33 Å². The minimum absolute atomic E-state index is 0.0231. The van der Waals surface area contributed by atoms with Gasteiger partial charge in [0.25, 0.3) is 0 Å². The number of hydrogen-bond donors (Lipinski definition) is 1. The zero-order valence-corrected chi connectivity index (χ0v) is 9.46. The molecule has 1 aromatic rings. The Morgan fingerprint density at radius 3 is 2.60 bits per heavy atom. The van der Waals surface area contributed by atoms with Crippen LogP contribution in [0.25, 0.3) is 10.4 Å². The fourth-order valence-corrected chi connectivity index (χ4v) is 1.81. The van der Waals surface area contributed by atoms with Crippen molar-refractivity contribution >= 4 is 15.9 Å². The van der Waals surface area contributed by atoms with Gasteiger partial charge in [0.1, 0.15) is 5.60 Å². The maximum absolute atomic E-state index is 8.94. The first-order valence-electron chi connectivity index (χ1n) is 4.24. The van der Waals surface area contributed by atoms with Crippen LogP contribution in [-0.2, 0) is 10.5 Å². The Labute approximate surface area is 95.4 Å². The van der Waals surface area contributed by atoms with Gasteiger partial charge in [-0.2, -0.15) is 0 Å². The lowest BCUT2D eigenvalue weighted by molar-refractivity contribution is -0.318. The highest BCUT2D eigenvalue weighted by atomic mass is 79.9. The topological polar surface area (TPSA) is 78.2 Å².